The maximum Gasteiger partial charge on any atom is 0 e. The summed E-state index contributed by atoms with van der Waals surface area (Å²) in [6, 6.07) is 7.02. The molecule has 0 fully saturated rings. The van der Waals surface area contributed by atoms with Gasteiger partial charge in [0.15, 0.2) is 0 Å². The second kappa shape index (κ2) is 23.4. The number of hydrogen-bond acceptors (Lipinski definition) is 0. The molecule has 0 bridgehead atoms. The Kier molecular flexibility index (Phi) is 37.4. The second-order valence-corrected chi connectivity index (χ2v) is 2.31. The fraction of sp³-hybridized carbons (Fsp3) is 0. The zero-order valence-electron chi connectivity index (χ0n) is 7.20. The number of halogens is 2. The Balaban J connectivity index is -0.0000000755. The molecule has 0 saturated carbocycles. The van der Waals surface area contributed by atoms with Gasteiger partial charge in [0.25, 0.3) is 0 Å². The molecule has 1 aromatic carbocycles. The molecule has 6 heteroatoms. The van der Waals surface area contributed by atoms with Gasteiger partial charge in [0.05, 0.1) is 0 Å². The Bertz CT molecular complexity index is 244. The quantitative estimate of drug-likeness (QED) is 0.519. The van der Waals surface area contributed by atoms with Crippen LogP contribution in [0.2, 0.25) is 10.0 Å². The SMILES string of the molecule is Clc1ccc(Cl)cc1.[C-]#[O+].[C-]#[O+].[C-]#[O+].[Cr]. The van der Waals surface area contributed by atoms with Crippen LogP contribution in [-0.2, 0) is 31.3 Å². The number of benzene rings is 1. The van der Waals surface area contributed by atoms with Gasteiger partial charge in [-0.3, -0.25) is 0 Å². The third-order valence-corrected chi connectivity index (χ3v) is 1.31. The Morgan fingerprint density at radius 2 is 0.800 bits per heavy atom. The predicted molar refractivity (Wildman–Crippen MR) is 48.3 cm³/mol. The molecule has 1 aromatic rings. The summed E-state index contributed by atoms with van der Waals surface area (Å²) in [7, 11) is 0. The van der Waals surface area contributed by atoms with Crippen LogP contribution in [0.4, 0.5) is 0 Å². The van der Waals surface area contributed by atoms with E-state index in [0.717, 1.165) is 10.0 Å². The van der Waals surface area contributed by atoms with Crippen molar-refractivity contribution in [1.82, 2.24) is 0 Å². The zero-order valence-corrected chi connectivity index (χ0v) is 9.99. The van der Waals surface area contributed by atoms with Crippen molar-refractivity contribution in [3.8, 4) is 0 Å². The van der Waals surface area contributed by atoms with Crippen LogP contribution in [0.3, 0.4) is 0 Å². The molecule has 0 aliphatic heterocycles. The topological polar surface area (TPSA) is 59.7 Å². The fourth-order valence-electron chi connectivity index (χ4n) is 0.430. The predicted octanol–water partition coefficient (Wildman–Crippen LogP) is 2.88. The van der Waals surface area contributed by atoms with Crippen molar-refractivity contribution in [3.05, 3.63) is 54.3 Å². The maximum atomic E-state index is 7.50. The molecule has 15 heavy (non-hydrogen) atoms. The van der Waals surface area contributed by atoms with Gasteiger partial charge in [0, 0.05) is 27.4 Å². The Morgan fingerprint density at radius 3 is 0.933 bits per heavy atom. The molecule has 0 saturated heterocycles. The Labute approximate surface area is 109 Å². The van der Waals surface area contributed by atoms with E-state index in [4.69, 9.17) is 37.2 Å². The standard InChI is InChI=1S/C6H4Cl2.3CO.Cr/c7-5-1-2-6(8)4-3-5;3*1-2;/h1-4H;;;;. The molecule has 1 rings (SSSR count). The van der Waals surface area contributed by atoms with Crippen LogP contribution >= 0.6 is 23.2 Å². The average molecular weight is 283 g/mol. The summed E-state index contributed by atoms with van der Waals surface area (Å²) in [5, 5.41) is 1.43. The van der Waals surface area contributed by atoms with Crippen molar-refractivity contribution < 1.29 is 31.3 Å². The van der Waals surface area contributed by atoms with Gasteiger partial charge in [-0.05, 0) is 24.3 Å². The molecule has 3 nitrogen and oxygen atoms in total. The van der Waals surface area contributed by atoms with Gasteiger partial charge in [0.2, 0.25) is 0 Å². The second-order valence-electron chi connectivity index (χ2n) is 1.44. The van der Waals surface area contributed by atoms with Gasteiger partial charge in [-0.15, -0.1) is 0 Å². The van der Waals surface area contributed by atoms with Crippen LogP contribution in [-0.4, -0.2) is 0 Å². The van der Waals surface area contributed by atoms with Crippen molar-refractivity contribution in [1.29, 1.82) is 0 Å². The van der Waals surface area contributed by atoms with Crippen molar-refractivity contribution in [2.45, 2.75) is 0 Å². The molecule has 0 spiro atoms. The molecular formula is C9H4Cl2CrO3. The van der Waals surface area contributed by atoms with Crippen LogP contribution in [0.15, 0.2) is 24.3 Å². The first kappa shape index (κ1) is 24.0. The van der Waals surface area contributed by atoms with Crippen molar-refractivity contribution >= 4 is 23.2 Å². The molecule has 0 unspecified atom stereocenters. The Morgan fingerprint density at radius 1 is 0.667 bits per heavy atom. The van der Waals surface area contributed by atoms with Gasteiger partial charge in [-0.25, -0.2) is 0 Å². The van der Waals surface area contributed by atoms with E-state index < -0.39 is 0 Å². The minimum atomic E-state index is 0. The van der Waals surface area contributed by atoms with Crippen molar-refractivity contribution in [2.75, 3.05) is 0 Å². The minimum absolute atomic E-state index is 0. The summed E-state index contributed by atoms with van der Waals surface area (Å²) in [5.74, 6) is 0. The van der Waals surface area contributed by atoms with Gasteiger partial charge in [-0.1, -0.05) is 23.2 Å². The first-order chi connectivity index (χ1) is 6.79. The van der Waals surface area contributed by atoms with Crippen LogP contribution in [0.5, 0.6) is 0 Å². The van der Waals surface area contributed by atoms with Crippen LogP contribution in [0.1, 0.15) is 0 Å². The molecule has 0 N–H and O–H groups in total. The molecule has 0 atom stereocenters. The summed E-state index contributed by atoms with van der Waals surface area (Å²) in [6.07, 6.45) is 0. The van der Waals surface area contributed by atoms with Gasteiger partial charge < -0.3 is 0 Å². The summed E-state index contributed by atoms with van der Waals surface area (Å²) in [4.78, 5) is 0. The molecule has 0 aliphatic carbocycles. The Hall–Kier alpha value is -0.448. The van der Waals surface area contributed by atoms with E-state index >= 15 is 0 Å². The molecule has 0 radical (unpaired) electrons. The smallest absolute Gasteiger partial charge is 0 e. The van der Waals surface area contributed by atoms with Crippen molar-refractivity contribution in [2.24, 2.45) is 0 Å². The molecule has 78 valence electrons. The number of hydrogen-bond donors (Lipinski definition) is 0. The summed E-state index contributed by atoms with van der Waals surface area (Å²) < 4.78 is 22.5. The van der Waals surface area contributed by atoms with E-state index in [2.05, 4.69) is 20.0 Å². The maximum absolute atomic E-state index is 7.50. The zero-order chi connectivity index (χ0) is 12.0. The van der Waals surface area contributed by atoms with Gasteiger partial charge in [-0.2, -0.15) is 0 Å². The first-order valence-electron chi connectivity index (χ1n) is 2.81. The van der Waals surface area contributed by atoms with Gasteiger partial charge in [0.1, 0.15) is 0 Å². The first-order valence-corrected chi connectivity index (χ1v) is 3.57. The van der Waals surface area contributed by atoms with Crippen LogP contribution in [0.25, 0.3) is 0 Å². The molecule has 0 aliphatic rings. The molecule has 0 amide bonds. The molecule has 0 aromatic heterocycles. The van der Waals surface area contributed by atoms with E-state index in [9.17, 15) is 0 Å². The normalized spacial score (nSPS) is 5.33. The van der Waals surface area contributed by atoms with E-state index in [1.165, 1.54) is 0 Å². The van der Waals surface area contributed by atoms with Gasteiger partial charge >= 0.3 is 33.9 Å². The van der Waals surface area contributed by atoms with Crippen LogP contribution < -0.4 is 0 Å². The summed E-state index contributed by atoms with van der Waals surface area (Å²) in [6.45, 7) is 13.5. The third kappa shape index (κ3) is 19.8. The van der Waals surface area contributed by atoms with Crippen molar-refractivity contribution in [3.63, 3.8) is 0 Å². The summed E-state index contributed by atoms with van der Waals surface area (Å²) in [5.41, 5.74) is 0. The largest absolute Gasteiger partial charge is 0 e. The number of rotatable bonds is 0. The monoisotopic (exact) mass is 282 g/mol. The van der Waals surface area contributed by atoms with E-state index in [0.29, 0.717) is 0 Å². The van der Waals surface area contributed by atoms with E-state index in [1.54, 1.807) is 24.3 Å². The van der Waals surface area contributed by atoms with E-state index in [1.807, 2.05) is 0 Å². The van der Waals surface area contributed by atoms with Crippen LogP contribution in [0, 0.1) is 20.0 Å². The molecule has 0 heterocycles. The molecular weight excluding hydrogens is 279 g/mol. The van der Waals surface area contributed by atoms with E-state index in [-0.39, 0.29) is 17.4 Å². The average Bonchev–Trinajstić information content (AvgIpc) is 2.31. The minimum Gasteiger partial charge on any atom is 0 e. The fourth-order valence-corrected chi connectivity index (χ4v) is 0.682. The summed E-state index contributed by atoms with van der Waals surface area (Å²) >= 11 is 11.1. The third-order valence-electron chi connectivity index (χ3n) is 0.804.